The molecule has 1 aromatic carbocycles. The summed E-state index contributed by atoms with van der Waals surface area (Å²) in [4.78, 5) is 12.3. The standard InChI is InChI=1S/C12H17ClN2O3/c1-9(2)18-8-7-14(3)11-6-4-5-10(13)12(11)15(16)17/h4-6,9H,7-8H2,1-3H3. The largest absolute Gasteiger partial charge is 0.377 e. The highest BCUT2D eigenvalue weighted by Crippen LogP contribution is 2.34. The van der Waals surface area contributed by atoms with E-state index in [0.29, 0.717) is 18.8 Å². The van der Waals surface area contributed by atoms with Crippen LogP contribution in [0.3, 0.4) is 0 Å². The van der Waals surface area contributed by atoms with Crippen LogP contribution in [0.1, 0.15) is 13.8 Å². The Morgan fingerprint density at radius 1 is 1.50 bits per heavy atom. The molecular formula is C12H17ClN2O3. The van der Waals surface area contributed by atoms with Crippen LogP contribution in [0.2, 0.25) is 5.02 Å². The molecule has 0 fully saturated rings. The zero-order valence-electron chi connectivity index (χ0n) is 10.7. The Balaban J connectivity index is 2.82. The van der Waals surface area contributed by atoms with Crippen LogP contribution in [0.15, 0.2) is 18.2 Å². The van der Waals surface area contributed by atoms with Gasteiger partial charge in [0.25, 0.3) is 0 Å². The second-order valence-electron chi connectivity index (χ2n) is 4.21. The molecule has 5 nitrogen and oxygen atoms in total. The van der Waals surface area contributed by atoms with E-state index in [9.17, 15) is 10.1 Å². The summed E-state index contributed by atoms with van der Waals surface area (Å²) in [5, 5.41) is 11.1. The first-order chi connectivity index (χ1) is 8.43. The highest BCUT2D eigenvalue weighted by Gasteiger charge is 2.20. The van der Waals surface area contributed by atoms with Crippen molar-refractivity contribution in [2.45, 2.75) is 20.0 Å². The van der Waals surface area contributed by atoms with E-state index in [1.165, 1.54) is 6.07 Å². The molecule has 6 heteroatoms. The van der Waals surface area contributed by atoms with Gasteiger partial charge < -0.3 is 9.64 Å². The van der Waals surface area contributed by atoms with Gasteiger partial charge in [0, 0.05) is 13.6 Å². The van der Waals surface area contributed by atoms with Crippen molar-refractivity contribution in [3.05, 3.63) is 33.3 Å². The van der Waals surface area contributed by atoms with Crippen LogP contribution in [-0.4, -0.2) is 31.2 Å². The molecular weight excluding hydrogens is 256 g/mol. The van der Waals surface area contributed by atoms with E-state index >= 15 is 0 Å². The fraction of sp³-hybridized carbons (Fsp3) is 0.500. The van der Waals surface area contributed by atoms with E-state index in [-0.39, 0.29) is 16.8 Å². The molecule has 0 saturated carbocycles. The van der Waals surface area contributed by atoms with Crippen molar-refractivity contribution in [3.63, 3.8) is 0 Å². The number of anilines is 1. The van der Waals surface area contributed by atoms with Gasteiger partial charge in [-0.1, -0.05) is 17.7 Å². The van der Waals surface area contributed by atoms with E-state index in [1.807, 2.05) is 13.8 Å². The normalized spacial score (nSPS) is 10.7. The number of hydrogen-bond acceptors (Lipinski definition) is 4. The molecule has 0 aliphatic rings. The summed E-state index contributed by atoms with van der Waals surface area (Å²) in [6, 6.07) is 4.89. The van der Waals surface area contributed by atoms with Crippen molar-refractivity contribution in [2.75, 3.05) is 25.1 Å². The van der Waals surface area contributed by atoms with Crippen LogP contribution in [0, 0.1) is 10.1 Å². The summed E-state index contributed by atoms with van der Waals surface area (Å²) in [6.45, 7) is 4.97. The van der Waals surface area contributed by atoms with Crippen LogP contribution >= 0.6 is 11.6 Å². The lowest BCUT2D eigenvalue weighted by molar-refractivity contribution is -0.384. The number of nitrogens with zero attached hydrogens (tertiary/aromatic N) is 2. The Labute approximate surface area is 111 Å². The molecule has 100 valence electrons. The van der Waals surface area contributed by atoms with Gasteiger partial charge in [-0.05, 0) is 26.0 Å². The average molecular weight is 273 g/mol. The number of ether oxygens (including phenoxy) is 1. The predicted molar refractivity (Wildman–Crippen MR) is 72.5 cm³/mol. The maximum absolute atomic E-state index is 11.0. The van der Waals surface area contributed by atoms with Gasteiger partial charge in [0.1, 0.15) is 10.7 Å². The predicted octanol–water partition coefficient (Wildman–Crippen LogP) is 3.11. The van der Waals surface area contributed by atoms with Crippen LogP contribution in [0.25, 0.3) is 0 Å². The van der Waals surface area contributed by atoms with Crippen LogP contribution in [-0.2, 0) is 4.74 Å². The minimum atomic E-state index is -0.461. The minimum Gasteiger partial charge on any atom is -0.377 e. The number of hydrogen-bond donors (Lipinski definition) is 0. The van der Waals surface area contributed by atoms with Gasteiger partial charge in [-0.3, -0.25) is 10.1 Å². The van der Waals surface area contributed by atoms with Gasteiger partial charge in [0.2, 0.25) is 0 Å². The fourth-order valence-corrected chi connectivity index (χ4v) is 1.78. The second kappa shape index (κ2) is 6.56. The van der Waals surface area contributed by atoms with Crippen molar-refractivity contribution in [2.24, 2.45) is 0 Å². The third-order valence-electron chi connectivity index (χ3n) is 2.44. The van der Waals surface area contributed by atoms with E-state index in [0.717, 1.165) is 0 Å². The molecule has 0 N–H and O–H groups in total. The number of benzene rings is 1. The Morgan fingerprint density at radius 2 is 2.17 bits per heavy atom. The quantitative estimate of drug-likeness (QED) is 0.590. The summed E-state index contributed by atoms with van der Waals surface area (Å²) in [5.74, 6) is 0. The first-order valence-corrected chi connectivity index (χ1v) is 6.07. The molecule has 0 bridgehead atoms. The Hall–Kier alpha value is -1.33. The zero-order chi connectivity index (χ0) is 13.7. The fourth-order valence-electron chi connectivity index (χ4n) is 1.54. The molecule has 0 heterocycles. The number of para-hydroxylation sites is 1. The number of nitro benzene ring substituents is 1. The number of halogens is 1. The van der Waals surface area contributed by atoms with E-state index < -0.39 is 4.92 Å². The molecule has 0 spiro atoms. The highest BCUT2D eigenvalue weighted by molar-refractivity contribution is 6.33. The summed E-state index contributed by atoms with van der Waals surface area (Å²) in [6.07, 6.45) is 0.146. The number of rotatable bonds is 6. The van der Waals surface area contributed by atoms with Crippen LogP contribution in [0.5, 0.6) is 0 Å². The van der Waals surface area contributed by atoms with Gasteiger partial charge in [0.05, 0.1) is 17.6 Å². The van der Waals surface area contributed by atoms with Gasteiger partial charge >= 0.3 is 5.69 Å². The smallest absolute Gasteiger partial charge is 0.310 e. The van der Waals surface area contributed by atoms with Crippen LogP contribution in [0.4, 0.5) is 11.4 Å². The van der Waals surface area contributed by atoms with Crippen molar-refractivity contribution in [1.82, 2.24) is 0 Å². The maximum atomic E-state index is 11.0. The lowest BCUT2D eigenvalue weighted by Gasteiger charge is -2.20. The third kappa shape index (κ3) is 3.85. The lowest BCUT2D eigenvalue weighted by atomic mass is 10.2. The van der Waals surface area contributed by atoms with Crippen molar-refractivity contribution >= 4 is 23.0 Å². The summed E-state index contributed by atoms with van der Waals surface area (Å²) in [5.41, 5.74) is 0.436. The molecule has 0 saturated heterocycles. The second-order valence-corrected chi connectivity index (χ2v) is 4.61. The van der Waals surface area contributed by atoms with E-state index in [2.05, 4.69) is 0 Å². The lowest BCUT2D eigenvalue weighted by Crippen LogP contribution is -2.24. The number of likely N-dealkylation sites (N-methyl/N-ethyl adjacent to an activating group) is 1. The van der Waals surface area contributed by atoms with Crippen molar-refractivity contribution in [3.8, 4) is 0 Å². The topological polar surface area (TPSA) is 55.6 Å². The molecule has 0 aromatic heterocycles. The highest BCUT2D eigenvalue weighted by atomic mass is 35.5. The molecule has 18 heavy (non-hydrogen) atoms. The van der Waals surface area contributed by atoms with E-state index in [1.54, 1.807) is 24.1 Å². The Bertz CT molecular complexity index is 424. The summed E-state index contributed by atoms with van der Waals surface area (Å²) in [7, 11) is 1.78. The average Bonchev–Trinajstić information content (AvgIpc) is 2.27. The number of nitro groups is 1. The van der Waals surface area contributed by atoms with Crippen molar-refractivity contribution in [1.29, 1.82) is 0 Å². The van der Waals surface area contributed by atoms with Gasteiger partial charge in [-0.25, -0.2) is 0 Å². The molecule has 1 aromatic rings. The van der Waals surface area contributed by atoms with Crippen molar-refractivity contribution < 1.29 is 9.66 Å². The Kier molecular flexibility index (Phi) is 5.37. The molecule has 0 aliphatic heterocycles. The van der Waals surface area contributed by atoms with Gasteiger partial charge in [-0.15, -0.1) is 0 Å². The Morgan fingerprint density at radius 3 is 2.72 bits per heavy atom. The molecule has 0 aliphatic carbocycles. The van der Waals surface area contributed by atoms with E-state index in [4.69, 9.17) is 16.3 Å². The third-order valence-corrected chi connectivity index (χ3v) is 2.74. The molecule has 1 rings (SSSR count). The van der Waals surface area contributed by atoms with Gasteiger partial charge in [-0.2, -0.15) is 0 Å². The first-order valence-electron chi connectivity index (χ1n) is 5.69. The monoisotopic (exact) mass is 272 g/mol. The molecule has 0 amide bonds. The van der Waals surface area contributed by atoms with Crippen LogP contribution < -0.4 is 4.90 Å². The zero-order valence-corrected chi connectivity index (χ0v) is 11.5. The molecule has 0 radical (unpaired) electrons. The summed E-state index contributed by atoms with van der Waals surface area (Å²) < 4.78 is 5.42. The molecule has 0 atom stereocenters. The minimum absolute atomic E-state index is 0.0637. The maximum Gasteiger partial charge on any atom is 0.310 e. The SMILES string of the molecule is CC(C)OCCN(C)c1cccc(Cl)c1[N+](=O)[O-]. The molecule has 0 unspecified atom stereocenters. The van der Waals surface area contributed by atoms with Gasteiger partial charge in [0.15, 0.2) is 0 Å². The first kappa shape index (κ1) is 14.7. The summed E-state index contributed by atoms with van der Waals surface area (Å²) >= 11 is 5.85.